The third-order valence-corrected chi connectivity index (χ3v) is 8.97. The summed E-state index contributed by atoms with van der Waals surface area (Å²) in [5, 5.41) is 8.27. The normalized spacial score (nSPS) is 12.1. The number of rotatable bonds is 3. The van der Waals surface area contributed by atoms with Gasteiger partial charge in [0.05, 0.1) is 22.9 Å². The highest BCUT2D eigenvalue weighted by atomic mass is 16.3. The van der Waals surface area contributed by atoms with Crippen LogP contribution < -0.4 is 0 Å². The fourth-order valence-electron chi connectivity index (χ4n) is 7.06. The van der Waals surface area contributed by atoms with E-state index in [-0.39, 0.29) is 0 Å². The molecule has 0 atom stereocenters. The molecule has 7 aromatic carbocycles. The van der Waals surface area contributed by atoms with Crippen molar-refractivity contribution in [3.05, 3.63) is 140 Å². The highest BCUT2D eigenvalue weighted by Gasteiger charge is 2.22. The Hall–Kier alpha value is -6.00. The molecule has 3 aromatic heterocycles. The van der Waals surface area contributed by atoms with Crippen LogP contribution in [0.4, 0.5) is 0 Å². The number of benzene rings is 7. The lowest BCUT2D eigenvalue weighted by Gasteiger charge is -2.13. The Balaban J connectivity index is 1.30. The first-order valence-corrected chi connectivity index (χ1v) is 14.8. The molecule has 0 radical (unpaired) electrons. The molecule has 0 saturated heterocycles. The minimum atomic E-state index is 0.722. The number of nitrogens with zero attached hydrogens (tertiary/aromatic N) is 3. The fourth-order valence-corrected chi connectivity index (χ4v) is 7.06. The van der Waals surface area contributed by atoms with Crippen LogP contribution in [-0.2, 0) is 0 Å². The van der Waals surface area contributed by atoms with E-state index in [0.29, 0.717) is 0 Å². The Morgan fingerprint density at radius 1 is 0.477 bits per heavy atom. The second-order valence-corrected chi connectivity index (χ2v) is 11.4. The fraction of sp³-hybridized carbons (Fsp3) is 0. The molecule has 4 nitrogen and oxygen atoms in total. The first-order chi connectivity index (χ1) is 21.8. The van der Waals surface area contributed by atoms with E-state index in [1.54, 1.807) is 0 Å². The highest BCUT2D eigenvalue weighted by Crippen LogP contribution is 2.45. The van der Waals surface area contributed by atoms with Crippen LogP contribution in [0, 0.1) is 0 Å². The quantitative estimate of drug-likeness (QED) is 0.202. The van der Waals surface area contributed by atoms with E-state index in [1.165, 1.54) is 37.9 Å². The molecule has 0 N–H and O–H groups in total. The number of hydrogen-bond donors (Lipinski definition) is 0. The van der Waals surface area contributed by atoms with Crippen molar-refractivity contribution in [3.8, 4) is 28.2 Å². The van der Waals surface area contributed by atoms with E-state index in [1.807, 2.05) is 24.4 Å². The maximum absolute atomic E-state index is 6.74. The molecule has 44 heavy (non-hydrogen) atoms. The predicted octanol–water partition coefficient (Wildman–Crippen LogP) is 10.6. The molecule has 3 heterocycles. The van der Waals surface area contributed by atoms with Gasteiger partial charge in [0.15, 0.2) is 5.82 Å². The highest BCUT2D eigenvalue weighted by molar-refractivity contribution is 6.34. The number of aromatic nitrogens is 3. The molecule has 0 aliphatic heterocycles. The van der Waals surface area contributed by atoms with Crippen LogP contribution in [0.3, 0.4) is 0 Å². The molecule has 0 amide bonds. The Labute approximate surface area is 251 Å². The Kier molecular flexibility index (Phi) is 4.69. The van der Waals surface area contributed by atoms with Gasteiger partial charge in [-0.05, 0) is 56.9 Å². The zero-order valence-corrected chi connectivity index (χ0v) is 23.5. The molecule has 0 spiro atoms. The number of fused-ring (bicyclic) bond motifs is 6. The average Bonchev–Trinajstić information content (AvgIpc) is 3.63. The molecule has 10 aromatic rings. The van der Waals surface area contributed by atoms with E-state index in [9.17, 15) is 0 Å². The molecule has 0 bridgehead atoms. The molecule has 0 aliphatic rings. The lowest BCUT2D eigenvalue weighted by molar-refractivity contribution is 0.669. The predicted molar refractivity (Wildman–Crippen MR) is 181 cm³/mol. The molecule has 0 aliphatic carbocycles. The van der Waals surface area contributed by atoms with Crippen LogP contribution in [0.1, 0.15) is 0 Å². The van der Waals surface area contributed by atoms with Crippen molar-refractivity contribution in [2.45, 2.75) is 0 Å². The maximum Gasteiger partial charge on any atom is 0.159 e. The standard InChI is InChI=1S/C40H23N3O/c1-3-11-24(12-4-1)26-19-31-28-15-7-8-16-29(28)32-21-27(22-36-38(32)37(31)35(20-26)44-36)43-33-18-10-9-17-30(33)39-34(43)23-41-40(42-39)25-13-5-2-6-14-25/h1-23H. The van der Waals surface area contributed by atoms with Gasteiger partial charge in [-0.2, -0.15) is 0 Å². The minimum absolute atomic E-state index is 0.722. The Bertz CT molecular complexity index is 2700. The van der Waals surface area contributed by atoms with E-state index in [2.05, 4.69) is 120 Å². The van der Waals surface area contributed by atoms with Crippen LogP contribution in [0.25, 0.3) is 93.6 Å². The van der Waals surface area contributed by atoms with Crippen molar-refractivity contribution in [2.24, 2.45) is 0 Å². The van der Waals surface area contributed by atoms with Gasteiger partial charge in [0.1, 0.15) is 16.7 Å². The van der Waals surface area contributed by atoms with E-state index in [4.69, 9.17) is 14.4 Å². The van der Waals surface area contributed by atoms with Gasteiger partial charge in [-0.25, -0.2) is 9.97 Å². The van der Waals surface area contributed by atoms with E-state index in [0.717, 1.165) is 55.7 Å². The van der Waals surface area contributed by atoms with Gasteiger partial charge in [-0.3, -0.25) is 0 Å². The summed E-state index contributed by atoms with van der Waals surface area (Å²) in [4.78, 5) is 9.91. The van der Waals surface area contributed by atoms with Crippen LogP contribution in [0.2, 0.25) is 0 Å². The molecule has 0 unspecified atom stereocenters. The van der Waals surface area contributed by atoms with E-state index >= 15 is 0 Å². The lowest BCUT2D eigenvalue weighted by atomic mass is 9.92. The first-order valence-electron chi connectivity index (χ1n) is 14.8. The van der Waals surface area contributed by atoms with Crippen molar-refractivity contribution >= 4 is 65.4 Å². The summed E-state index contributed by atoms with van der Waals surface area (Å²) in [6.07, 6.45) is 1.96. The van der Waals surface area contributed by atoms with E-state index < -0.39 is 0 Å². The topological polar surface area (TPSA) is 43.9 Å². The molecule has 4 heteroatoms. The smallest absolute Gasteiger partial charge is 0.159 e. The van der Waals surface area contributed by atoms with Crippen molar-refractivity contribution in [1.82, 2.24) is 14.5 Å². The van der Waals surface area contributed by atoms with Crippen molar-refractivity contribution < 1.29 is 4.42 Å². The summed E-state index contributed by atoms with van der Waals surface area (Å²) in [5.41, 5.74) is 9.11. The summed E-state index contributed by atoms with van der Waals surface area (Å²) in [6.45, 7) is 0. The monoisotopic (exact) mass is 561 g/mol. The second kappa shape index (κ2) is 8.76. The average molecular weight is 562 g/mol. The summed E-state index contributed by atoms with van der Waals surface area (Å²) in [5.74, 6) is 0.722. The van der Waals surface area contributed by atoms with Gasteiger partial charge >= 0.3 is 0 Å². The van der Waals surface area contributed by atoms with Crippen molar-refractivity contribution in [1.29, 1.82) is 0 Å². The number of para-hydroxylation sites is 1. The van der Waals surface area contributed by atoms with Crippen molar-refractivity contribution in [3.63, 3.8) is 0 Å². The third kappa shape index (κ3) is 3.22. The first kappa shape index (κ1) is 23.6. The van der Waals surface area contributed by atoms with Crippen LogP contribution in [-0.4, -0.2) is 14.5 Å². The van der Waals surface area contributed by atoms with Gasteiger partial charge < -0.3 is 8.98 Å². The van der Waals surface area contributed by atoms with Gasteiger partial charge in [-0.15, -0.1) is 0 Å². The summed E-state index contributed by atoms with van der Waals surface area (Å²) in [6, 6.07) is 46.8. The summed E-state index contributed by atoms with van der Waals surface area (Å²) in [7, 11) is 0. The van der Waals surface area contributed by atoms with Gasteiger partial charge in [0, 0.05) is 27.8 Å². The molecular formula is C40H23N3O. The SMILES string of the molecule is c1ccc(-c2cc3oc4cc(-n5c6ccccc6c6nc(-c7ccccc7)ncc65)cc5c6ccccc6c(c2)c3c45)cc1. The summed E-state index contributed by atoms with van der Waals surface area (Å²) < 4.78 is 9.02. The zero-order chi connectivity index (χ0) is 28.8. The van der Waals surface area contributed by atoms with Crippen molar-refractivity contribution in [2.75, 3.05) is 0 Å². The lowest BCUT2D eigenvalue weighted by Crippen LogP contribution is -1.96. The van der Waals surface area contributed by atoms with Gasteiger partial charge in [0.2, 0.25) is 0 Å². The number of hydrogen-bond acceptors (Lipinski definition) is 3. The minimum Gasteiger partial charge on any atom is -0.456 e. The second-order valence-electron chi connectivity index (χ2n) is 11.4. The maximum atomic E-state index is 6.74. The molecule has 0 fully saturated rings. The molecule has 0 saturated carbocycles. The summed E-state index contributed by atoms with van der Waals surface area (Å²) >= 11 is 0. The van der Waals surface area contributed by atoms with Crippen LogP contribution in [0.15, 0.2) is 144 Å². The van der Waals surface area contributed by atoms with Crippen LogP contribution in [0.5, 0.6) is 0 Å². The largest absolute Gasteiger partial charge is 0.456 e. The Morgan fingerprint density at radius 2 is 1.09 bits per heavy atom. The molecular weight excluding hydrogens is 538 g/mol. The number of furan rings is 1. The Morgan fingerprint density at radius 3 is 1.84 bits per heavy atom. The zero-order valence-electron chi connectivity index (χ0n) is 23.5. The van der Waals surface area contributed by atoms with Crippen LogP contribution >= 0.6 is 0 Å². The third-order valence-electron chi connectivity index (χ3n) is 8.97. The molecule has 204 valence electrons. The van der Waals surface area contributed by atoms with Gasteiger partial charge in [0.25, 0.3) is 0 Å². The van der Waals surface area contributed by atoms with Gasteiger partial charge in [-0.1, -0.05) is 103 Å². The molecule has 10 rings (SSSR count).